The lowest BCUT2D eigenvalue weighted by atomic mass is 10.1. The molecular weight excluding hydrogens is 366 g/mol. The molecule has 0 unspecified atom stereocenters. The van der Waals surface area contributed by atoms with Crippen LogP contribution in [0.2, 0.25) is 5.02 Å². The minimum Gasteiger partial charge on any atom is -0.455 e. The second-order valence-corrected chi connectivity index (χ2v) is 7.05. The second-order valence-electron chi connectivity index (χ2n) is 6.62. The maximum atomic E-state index is 6.28. The normalized spacial score (nSPS) is 11.6. The van der Waals surface area contributed by atoms with E-state index in [1.807, 2.05) is 72.8 Å². The van der Waals surface area contributed by atoms with Gasteiger partial charge in [0.1, 0.15) is 11.3 Å². The van der Waals surface area contributed by atoms with Gasteiger partial charge < -0.3 is 4.42 Å². The van der Waals surface area contributed by atoms with E-state index >= 15 is 0 Å². The van der Waals surface area contributed by atoms with Crippen molar-refractivity contribution >= 4 is 45.6 Å². The van der Waals surface area contributed by atoms with Crippen LogP contribution in [0.5, 0.6) is 0 Å². The highest BCUT2D eigenvalue weighted by atomic mass is 35.5. The van der Waals surface area contributed by atoms with Crippen molar-refractivity contribution in [2.75, 3.05) is 0 Å². The Kier molecular flexibility index (Phi) is 4.19. The van der Waals surface area contributed by atoms with Crippen LogP contribution in [0.15, 0.2) is 89.3 Å². The molecule has 0 saturated heterocycles. The first-order valence-electron chi connectivity index (χ1n) is 9.09. The van der Waals surface area contributed by atoms with Crippen LogP contribution in [0.25, 0.3) is 45.3 Å². The molecule has 0 saturated carbocycles. The summed E-state index contributed by atoms with van der Waals surface area (Å²) in [6.07, 6.45) is 4.07. The summed E-state index contributed by atoms with van der Waals surface area (Å²) < 4.78 is 6.28. The molecule has 2 aromatic heterocycles. The van der Waals surface area contributed by atoms with Gasteiger partial charge in [0, 0.05) is 21.4 Å². The van der Waals surface area contributed by atoms with E-state index in [0.717, 1.165) is 49.5 Å². The largest absolute Gasteiger partial charge is 0.455 e. The zero-order chi connectivity index (χ0) is 18.9. The van der Waals surface area contributed by atoms with Crippen molar-refractivity contribution in [3.8, 4) is 11.3 Å². The Labute approximate surface area is 167 Å². The molecule has 0 aliphatic rings. The summed E-state index contributed by atoms with van der Waals surface area (Å²) in [7, 11) is 0. The minimum atomic E-state index is 0.728. The second kappa shape index (κ2) is 6.99. The summed E-state index contributed by atoms with van der Waals surface area (Å²) in [5, 5.41) is 2.75. The molecule has 0 N–H and O–H groups in total. The Morgan fingerprint density at radius 2 is 1.50 bits per heavy atom. The SMILES string of the molecule is Clc1ccc(/C=C/c2nc3ccccc3c3oc(-c4ccccc4)cc23)cc1. The molecule has 134 valence electrons. The first-order chi connectivity index (χ1) is 13.8. The lowest BCUT2D eigenvalue weighted by Crippen LogP contribution is -1.85. The fourth-order valence-corrected chi connectivity index (χ4v) is 3.48. The third kappa shape index (κ3) is 3.08. The molecule has 5 aromatic rings. The standard InChI is InChI=1S/C25H16ClNO/c26-19-13-10-17(11-14-19)12-15-23-21-16-24(18-6-2-1-3-7-18)28-25(21)20-8-4-5-9-22(20)27-23/h1-16H/b15-12+. The molecule has 0 aliphatic heterocycles. The summed E-state index contributed by atoms with van der Waals surface area (Å²) >= 11 is 5.98. The van der Waals surface area contributed by atoms with Crippen molar-refractivity contribution in [3.05, 3.63) is 101 Å². The molecule has 0 amide bonds. The molecule has 3 heteroatoms. The maximum Gasteiger partial charge on any atom is 0.146 e. The van der Waals surface area contributed by atoms with Crippen LogP contribution in [0, 0.1) is 0 Å². The van der Waals surface area contributed by atoms with Gasteiger partial charge in [-0.3, -0.25) is 0 Å². The van der Waals surface area contributed by atoms with Gasteiger partial charge >= 0.3 is 0 Å². The highest BCUT2D eigenvalue weighted by Crippen LogP contribution is 2.34. The highest BCUT2D eigenvalue weighted by Gasteiger charge is 2.13. The summed E-state index contributed by atoms with van der Waals surface area (Å²) in [6.45, 7) is 0. The topological polar surface area (TPSA) is 26.0 Å². The van der Waals surface area contributed by atoms with Crippen LogP contribution in [-0.4, -0.2) is 4.98 Å². The van der Waals surface area contributed by atoms with Gasteiger partial charge in [0.2, 0.25) is 0 Å². The fourth-order valence-electron chi connectivity index (χ4n) is 3.36. The zero-order valence-corrected chi connectivity index (χ0v) is 15.7. The Morgan fingerprint density at radius 1 is 0.750 bits per heavy atom. The van der Waals surface area contributed by atoms with E-state index in [-0.39, 0.29) is 0 Å². The number of fused-ring (bicyclic) bond motifs is 3. The third-order valence-electron chi connectivity index (χ3n) is 4.76. The van der Waals surface area contributed by atoms with Crippen molar-refractivity contribution in [1.29, 1.82) is 0 Å². The number of rotatable bonds is 3. The molecule has 0 aliphatic carbocycles. The Bertz CT molecular complexity index is 1300. The number of furan rings is 1. The van der Waals surface area contributed by atoms with Gasteiger partial charge in [0.15, 0.2) is 0 Å². The molecule has 0 atom stereocenters. The van der Waals surface area contributed by atoms with Crippen LogP contribution in [0.1, 0.15) is 11.3 Å². The van der Waals surface area contributed by atoms with E-state index in [0.29, 0.717) is 0 Å². The number of benzene rings is 3. The van der Waals surface area contributed by atoms with Crippen LogP contribution in [0.3, 0.4) is 0 Å². The molecule has 5 rings (SSSR count). The van der Waals surface area contributed by atoms with Gasteiger partial charge in [-0.15, -0.1) is 0 Å². The molecule has 0 bridgehead atoms. The zero-order valence-electron chi connectivity index (χ0n) is 15.0. The van der Waals surface area contributed by atoms with Crippen LogP contribution in [-0.2, 0) is 0 Å². The molecule has 28 heavy (non-hydrogen) atoms. The number of hydrogen-bond acceptors (Lipinski definition) is 2. The van der Waals surface area contributed by atoms with E-state index < -0.39 is 0 Å². The van der Waals surface area contributed by atoms with E-state index in [2.05, 4.69) is 24.3 Å². The smallest absolute Gasteiger partial charge is 0.146 e. The number of aromatic nitrogens is 1. The first kappa shape index (κ1) is 16.8. The van der Waals surface area contributed by atoms with E-state index in [1.165, 1.54) is 0 Å². The number of para-hydroxylation sites is 1. The Balaban J connectivity index is 1.70. The molecule has 0 radical (unpaired) electrons. The van der Waals surface area contributed by atoms with Crippen LogP contribution in [0.4, 0.5) is 0 Å². The van der Waals surface area contributed by atoms with Gasteiger partial charge in [0.05, 0.1) is 11.2 Å². The number of halogens is 1. The number of nitrogens with zero attached hydrogens (tertiary/aromatic N) is 1. The van der Waals surface area contributed by atoms with Crippen LogP contribution < -0.4 is 0 Å². The van der Waals surface area contributed by atoms with Crippen molar-refractivity contribution in [3.63, 3.8) is 0 Å². The first-order valence-corrected chi connectivity index (χ1v) is 9.47. The lowest BCUT2D eigenvalue weighted by molar-refractivity contribution is 0.635. The quantitative estimate of drug-likeness (QED) is 0.324. The van der Waals surface area contributed by atoms with E-state index in [1.54, 1.807) is 0 Å². The van der Waals surface area contributed by atoms with E-state index in [9.17, 15) is 0 Å². The van der Waals surface area contributed by atoms with Gasteiger partial charge in [-0.25, -0.2) is 4.98 Å². The summed E-state index contributed by atoms with van der Waals surface area (Å²) in [5.41, 5.74) is 4.78. The average Bonchev–Trinajstić information content (AvgIpc) is 3.20. The maximum absolute atomic E-state index is 6.28. The fraction of sp³-hybridized carbons (Fsp3) is 0. The molecule has 2 heterocycles. The van der Waals surface area contributed by atoms with Gasteiger partial charge in [-0.05, 0) is 42.0 Å². The van der Waals surface area contributed by atoms with Gasteiger partial charge in [-0.1, -0.05) is 72.3 Å². The third-order valence-corrected chi connectivity index (χ3v) is 5.01. The van der Waals surface area contributed by atoms with Gasteiger partial charge in [-0.2, -0.15) is 0 Å². The number of pyridine rings is 1. The molecular formula is C25H16ClNO. The lowest BCUT2D eigenvalue weighted by Gasteiger charge is -2.02. The minimum absolute atomic E-state index is 0.728. The summed E-state index contributed by atoms with van der Waals surface area (Å²) in [4.78, 5) is 4.87. The highest BCUT2D eigenvalue weighted by molar-refractivity contribution is 6.30. The predicted octanol–water partition coefficient (Wildman–Crippen LogP) is 7.47. The predicted molar refractivity (Wildman–Crippen MR) is 117 cm³/mol. The Morgan fingerprint density at radius 3 is 2.32 bits per heavy atom. The molecule has 0 fully saturated rings. The van der Waals surface area contributed by atoms with E-state index in [4.69, 9.17) is 21.0 Å². The molecule has 2 nitrogen and oxygen atoms in total. The van der Waals surface area contributed by atoms with Crippen LogP contribution >= 0.6 is 11.6 Å². The summed E-state index contributed by atoms with van der Waals surface area (Å²) in [5.74, 6) is 0.842. The van der Waals surface area contributed by atoms with Crippen molar-refractivity contribution in [2.45, 2.75) is 0 Å². The van der Waals surface area contributed by atoms with Crippen molar-refractivity contribution in [1.82, 2.24) is 4.98 Å². The summed E-state index contributed by atoms with van der Waals surface area (Å²) in [6, 6.07) is 28.0. The Hall–Kier alpha value is -3.36. The van der Waals surface area contributed by atoms with Gasteiger partial charge in [0.25, 0.3) is 0 Å². The number of hydrogen-bond donors (Lipinski definition) is 0. The molecule has 3 aromatic carbocycles. The monoisotopic (exact) mass is 381 g/mol. The molecule has 0 spiro atoms. The average molecular weight is 382 g/mol. The van der Waals surface area contributed by atoms with Crippen molar-refractivity contribution in [2.24, 2.45) is 0 Å². The van der Waals surface area contributed by atoms with Crippen molar-refractivity contribution < 1.29 is 4.42 Å².